The number of rotatable bonds is 8. The molecule has 0 aliphatic rings. The molecule has 0 spiro atoms. The van der Waals surface area contributed by atoms with Crippen LogP contribution in [0.3, 0.4) is 0 Å². The van der Waals surface area contributed by atoms with Crippen LogP contribution in [-0.2, 0) is 17.1 Å². The number of nitrogens with one attached hydrogen (secondary N) is 1. The lowest BCUT2D eigenvalue weighted by molar-refractivity contribution is -0.118. The largest absolute Gasteiger partial charge is 0.494 e. The van der Waals surface area contributed by atoms with Crippen molar-refractivity contribution in [2.24, 2.45) is 0 Å². The van der Waals surface area contributed by atoms with Crippen LogP contribution in [-0.4, -0.2) is 18.3 Å². The van der Waals surface area contributed by atoms with Crippen LogP contribution in [0.15, 0.2) is 42.5 Å². The Morgan fingerprint density at radius 2 is 1.92 bits per heavy atom. The molecule has 24 heavy (non-hydrogen) atoms. The molecule has 0 fully saturated rings. The third kappa shape index (κ3) is 6.27. The first-order chi connectivity index (χ1) is 11.6. The van der Waals surface area contributed by atoms with Gasteiger partial charge in [-0.1, -0.05) is 41.4 Å². The van der Waals surface area contributed by atoms with E-state index in [1.54, 1.807) is 12.1 Å². The van der Waals surface area contributed by atoms with Gasteiger partial charge in [0.05, 0.1) is 12.4 Å². The van der Waals surface area contributed by atoms with E-state index < -0.39 is 0 Å². The molecule has 0 heterocycles. The van der Waals surface area contributed by atoms with Crippen molar-refractivity contribution in [2.45, 2.75) is 19.2 Å². The van der Waals surface area contributed by atoms with Gasteiger partial charge in [-0.2, -0.15) is 0 Å². The predicted octanol–water partition coefficient (Wildman–Crippen LogP) is 4.94. The summed E-state index contributed by atoms with van der Waals surface area (Å²) in [7, 11) is 0. The molecule has 0 radical (unpaired) electrons. The van der Waals surface area contributed by atoms with Gasteiger partial charge in [0.15, 0.2) is 0 Å². The number of carbonyl (C=O) groups excluding carboxylic acids is 1. The molecule has 128 valence electrons. The molecule has 1 amide bonds. The summed E-state index contributed by atoms with van der Waals surface area (Å²) in [6.45, 7) is 3.10. The number of halogens is 2. The van der Waals surface area contributed by atoms with Crippen LogP contribution in [0, 0.1) is 0 Å². The monoisotopic (exact) mass is 383 g/mol. The van der Waals surface area contributed by atoms with E-state index in [-0.39, 0.29) is 5.91 Å². The summed E-state index contributed by atoms with van der Waals surface area (Å²) in [6, 6.07) is 13.1. The van der Waals surface area contributed by atoms with Gasteiger partial charge >= 0.3 is 0 Å². The van der Waals surface area contributed by atoms with Gasteiger partial charge in [0.1, 0.15) is 5.75 Å². The Balaban J connectivity index is 1.71. The Bertz CT molecular complexity index is 677. The summed E-state index contributed by atoms with van der Waals surface area (Å²) < 4.78 is 5.39. The van der Waals surface area contributed by atoms with Crippen LogP contribution in [0.2, 0.25) is 10.0 Å². The third-order valence-corrected chi connectivity index (χ3v) is 4.80. The molecular formula is C18H19Cl2NO2S. The summed E-state index contributed by atoms with van der Waals surface area (Å²) in [4.78, 5) is 11.9. The second kappa shape index (κ2) is 9.82. The highest BCUT2D eigenvalue weighted by molar-refractivity contribution is 7.99. The highest BCUT2D eigenvalue weighted by Gasteiger charge is 2.05. The van der Waals surface area contributed by atoms with Gasteiger partial charge in [-0.05, 0) is 42.3 Å². The molecule has 0 atom stereocenters. The topological polar surface area (TPSA) is 38.3 Å². The van der Waals surface area contributed by atoms with E-state index in [0.29, 0.717) is 34.7 Å². The maximum atomic E-state index is 11.9. The van der Waals surface area contributed by atoms with Gasteiger partial charge in [-0.3, -0.25) is 4.79 Å². The number of carbonyl (C=O) groups is 1. The molecular weight excluding hydrogens is 365 g/mol. The van der Waals surface area contributed by atoms with Crippen LogP contribution in [0.5, 0.6) is 5.75 Å². The molecule has 2 aromatic rings. The minimum atomic E-state index is -0.000953. The summed E-state index contributed by atoms with van der Waals surface area (Å²) in [5.74, 6) is 1.89. The van der Waals surface area contributed by atoms with Gasteiger partial charge < -0.3 is 10.1 Å². The lowest BCUT2D eigenvalue weighted by Crippen LogP contribution is -2.24. The number of hydrogen-bond donors (Lipinski definition) is 1. The summed E-state index contributed by atoms with van der Waals surface area (Å²) in [5, 5.41) is 4.15. The first-order valence-electron chi connectivity index (χ1n) is 7.58. The van der Waals surface area contributed by atoms with Gasteiger partial charge in [-0.15, -0.1) is 11.8 Å². The number of thioether (sulfide) groups is 1. The molecule has 0 saturated carbocycles. The minimum absolute atomic E-state index is 0.000953. The fraction of sp³-hybridized carbons (Fsp3) is 0.278. The molecule has 2 aromatic carbocycles. The van der Waals surface area contributed by atoms with E-state index >= 15 is 0 Å². The van der Waals surface area contributed by atoms with E-state index in [1.165, 1.54) is 11.8 Å². The maximum Gasteiger partial charge on any atom is 0.230 e. The second-order valence-corrected chi connectivity index (χ2v) is 6.91. The number of benzene rings is 2. The Labute approximate surface area is 156 Å². The fourth-order valence-corrected chi connectivity index (χ4v) is 3.43. The molecule has 0 aliphatic heterocycles. The zero-order chi connectivity index (χ0) is 17.4. The third-order valence-electron chi connectivity index (χ3n) is 3.23. The highest BCUT2D eigenvalue weighted by Crippen LogP contribution is 2.24. The van der Waals surface area contributed by atoms with Gasteiger partial charge in [0.2, 0.25) is 5.91 Å². The average molecular weight is 384 g/mol. The first-order valence-corrected chi connectivity index (χ1v) is 9.49. The molecule has 0 unspecified atom stereocenters. The van der Waals surface area contributed by atoms with Crippen molar-refractivity contribution in [1.82, 2.24) is 5.32 Å². The number of hydrogen-bond acceptors (Lipinski definition) is 3. The molecule has 0 aliphatic carbocycles. The summed E-state index contributed by atoms with van der Waals surface area (Å²) in [6.07, 6.45) is 0. The van der Waals surface area contributed by atoms with Crippen molar-refractivity contribution in [3.05, 3.63) is 63.6 Å². The Morgan fingerprint density at radius 3 is 2.58 bits per heavy atom. The quantitative estimate of drug-likeness (QED) is 0.701. The first kappa shape index (κ1) is 19.0. The zero-order valence-electron chi connectivity index (χ0n) is 13.4. The molecule has 0 saturated heterocycles. The number of ether oxygens (including phenoxy) is 1. The van der Waals surface area contributed by atoms with Crippen molar-refractivity contribution < 1.29 is 9.53 Å². The van der Waals surface area contributed by atoms with Crippen molar-refractivity contribution in [3.63, 3.8) is 0 Å². The molecule has 1 N–H and O–H groups in total. The summed E-state index contributed by atoms with van der Waals surface area (Å²) in [5.41, 5.74) is 2.02. The number of amides is 1. The Hall–Kier alpha value is -1.36. The standard InChI is InChI=1S/C18H19Cl2NO2S/c1-2-23-16-7-3-13(4-8-16)10-21-18(22)12-24-11-14-5-6-15(19)9-17(14)20/h3-9H,2,10-12H2,1H3,(H,21,22). The Morgan fingerprint density at radius 1 is 1.17 bits per heavy atom. The van der Waals surface area contributed by atoms with Gasteiger partial charge in [0, 0.05) is 22.3 Å². The lowest BCUT2D eigenvalue weighted by atomic mass is 10.2. The smallest absolute Gasteiger partial charge is 0.230 e. The average Bonchev–Trinajstić information content (AvgIpc) is 2.56. The second-order valence-electron chi connectivity index (χ2n) is 5.08. The molecule has 0 aromatic heterocycles. The molecule has 0 bridgehead atoms. The van der Waals surface area contributed by atoms with Crippen molar-refractivity contribution in [1.29, 1.82) is 0 Å². The predicted molar refractivity (Wildman–Crippen MR) is 102 cm³/mol. The minimum Gasteiger partial charge on any atom is -0.494 e. The highest BCUT2D eigenvalue weighted by atomic mass is 35.5. The summed E-state index contributed by atoms with van der Waals surface area (Å²) >= 11 is 13.5. The van der Waals surface area contributed by atoms with Crippen LogP contribution in [0.1, 0.15) is 18.1 Å². The van der Waals surface area contributed by atoms with Crippen LogP contribution in [0.25, 0.3) is 0 Å². The van der Waals surface area contributed by atoms with Crippen LogP contribution >= 0.6 is 35.0 Å². The van der Waals surface area contributed by atoms with E-state index in [1.807, 2.05) is 37.3 Å². The van der Waals surface area contributed by atoms with Crippen molar-refractivity contribution in [3.8, 4) is 5.75 Å². The Kier molecular flexibility index (Phi) is 7.76. The lowest BCUT2D eigenvalue weighted by Gasteiger charge is -2.08. The van der Waals surface area contributed by atoms with Gasteiger partial charge in [-0.25, -0.2) is 0 Å². The van der Waals surface area contributed by atoms with Crippen LogP contribution < -0.4 is 10.1 Å². The molecule has 2 rings (SSSR count). The zero-order valence-corrected chi connectivity index (χ0v) is 15.7. The van der Waals surface area contributed by atoms with E-state index in [9.17, 15) is 4.79 Å². The molecule has 3 nitrogen and oxygen atoms in total. The van der Waals surface area contributed by atoms with E-state index in [2.05, 4.69) is 5.32 Å². The van der Waals surface area contributed by atoms with Crippen molar-refractivity contribution in [2.75, 3.05) is 12.4 Å². The van der Waals surface area contributed by atoms with E-state index in [0.717, 1.165) is 16.9 Å². The van der Waals surface area contributed by atoms with Gasteiger partial charge in [0.25, 0.3) is 0 Å². The molecule has 6 heteroatoms. The van der Waals surface area contributed by atoms with Crippen molar-refractivity contribution >= 4 is 40.9 Å². The van der Waals surface area contributed by atoms with E-state index in [4.69, 9.17) is 27.9 Å². The fourth-order valence-electron chi connectivity index (χ4n) is 2.01. The van der Waals surface area contributed by atoms with Crippen LogP contribution in [0.4, 0.5) is 0 Å². The SMILES string of the molecule is CCOc1ccc(CNC(=O)CSCc2ccc(Cl)cc2Cl)cc1. The maximum absolute atomic E-state index is 11.9. The normalized spacial score (nSPS) is 10.5.